The molecule has 0 fully saturated rings. The summed E-state index contributed by atoms with van der Waals surface area (Å²) in [5.41, 5.74) is 5.49. The van der Waals surface area contributed by atoms with Gasteiger partial charge in [-0.3, -0.25) is 10.1 Å². The third-order valence-corrected chi connectivity index (χ3v) is 5.36. The number of carbonyl (C=O) groups excluding carboxylic acids is 1. The molecule has 0 saturated heterocycles. The minimum Gasteiger partial charge on any atom is -0.436 e. The van der Waals surface area contributed by atoms with Gasteiger partial charge in [-0.25, -0.2) is 4.98 Å². The molecular formula is C24H20ClN3O2S. The molecular weight excluding hydrogens is 430 g/mol. The number of oxazole rings is 1. The number of anilines is 1. The Balaban J connectivity index is 1.54. The van der Waals surface area contributed by atoms with Crippen molar-refractivity contribution < 1.29 is 9.21 Å². The molecule has 0 aliphatic carbocycles. The number of carbonyl (C=O) groups is 1. The number of hydrogen-bond acceptors (Lipinski definition) is 4. The number of fused-ring (bicyclic) bond motifs is 1. The van der Waals surface area contributed by atoms with Crippen LogP contribution in [0.3, 0.4) is 0 Å². The molecule has 0 radical (unpaired) electrons. The van der Waals surface area contributed by atoms with E-state index in [9.17, 15) is 4.79 Å². The van der Waals surface area contributed by atoms with Crippen molar-refractivity contribution in [2.45, 2.75) is 20.3 Å². The maximum atomic E-state index is 12.4. The van der Waals surface area contributed by atoms with Gasteiger partial charge in [-0.05, 0) is 73.6 Å². The summed E-state index contributed by atoms with van der Waals surface area (Å²) in [5, 5.41) is 6.39. The molecule has 0 spiro atoms. The molecule has 0 saturated carbocycles. The quantitative estimate of drug-likeness (QED) is 0.366. The van der Waals surface area contributed by atoms with Gasteiger partial charge in [-0.15, -0.1) is 0 Å². The van der Waals surface area contributed by atoms with Crippen molar-refractivity contribution in [3.8, 4) is 11.5 Å². The summed E-state index contributed by atoms with van der Waals surface area (Å²) in [6.45, 7) is 4.02. The smallest absolute Gasteiger partial charge is 0.257 e. The summed E-state index contributed by atoms with van der Waals surface area (Å²) in [6, 6.07) is 18.5. The van der Waals surface area contributed by atoms with Gasteiger partial charge in [0.25, 0.3) is 5.91 Å². The highest BCUT2D eigenvalue weighted by Crippen LogP contribution is 2.32. The first kappa shape index (κ1) is 21.0. The summed E-state index contributed by atoms with van der Waals surface area (Å²) >= 11 is 11.7. The predicted molar refractivity (Wildman–Crippen MR) is 129 cm³/mol. The highest BCUT2D eigenvalue weighted by molar-refractivity contribution is 7.80. The van der Waals surface area contributed by atoms with Crippen LogP contribution in [0.1, 0.15) is 28.4 Å². The van der Waals surface area contributed by atoms with Gasteiger partial charge in [0.1, 0.15) is 5.52 Å². The molecule has 4 aromatic rings. The average Bonchev–Trinajstić information content (AvgIpc) is 3.18. The zero-order valence-electron chi connectivity index (χ0n) is 17.0. The lowest BCUT2D eigenvalue weighted by atomic mass is 10.1. The molecule has 1 heterocycles. The molecule has 4 rings (SSSR count). The van der Waals surface area contributed by atoms with E-state index in [2.05, 4.69) is 22.5 Å². The molecule has 156 valence electrons. The Labute approximate surface area is 190 Å². The number of rotatable bonds is 4. The summed E-state index contributed by atoms with van der Waals surface area (Å²) in [4.78, 5) is 17.0. The highest BCUT2D eigenvalue weighted by Gasteiger charge is 2.14. The van der Waals surface area contributed by atoms with Crippen LogP contribution in [0, 0.1) is 6.92 Å². The van der Waals surface area contributed by atoms with Crippen LogP contribution >= 0.6 is 23.8 Å². The van der Waals surface area contributed by atoms with Crippen LogP contribution in [0.25, 0.3) is 22.6 Å². The number of hydrogen-bond donors (Lipinski definition) is 2. The van der Waals surface area contributed by atoms with E-state index in [0.29, 0.717) is 33.3 Å². The van der Waals surface area contributed by atoms with Crippen LogP contribution in [0.15, 0.2) is 65.1 Å². The van der Waals surface area contributed by atoms with Gasteiger partial charge >= 0.3 is 0 Å². The molecule has 0 bridgehead atoms. The largest absolute Gasteiger partial charge is 0.436 e. The standard InChI is InChI=1S/C24H20ClN3O2S/c1-3-15-7-10-21-20(12-15)27-23(30-21)18-13-17(8-9-19(18)25)26-24(31)28-22(29)16-6-4-5-14(2)11-16/h4-13H,3H2,1-2H3,(H2,26,28,29,31). The number of benzene rings is 3. The van der Waals surface area contributed by atoms with E-state index >= 15 is 0 Å². The first-order valence-corrected chi connectivity index (χ1v) is 10.6. The van der Waals surface area contributed by atoms with E-state index in [1.54, 1.807) is 30.3 Å². The number of thiocarbonyl (C=S) groups is 1. The number of nitrogens with zero attached hydrogens (tertiary/aromatic N) is 1. The summed E-state index contributed by atoms with van der Waals surface area (Å²) in [6.07, 6.45) is 0.921. The maximum Gasteiger partial charge on any atom is 0.257 e. The Hall–Kier alpha value is -3.22. The Morgan fingerprint density at radius 1 is 1.13 bits per heavy atom. The molecule has 7 heteroatoms. The van der Waals surface area contributed by atoms with Crippen molar-refractivity contribution in [3.05, 3.63) is 82.4 Å². The van der Waals surface area contributed by atoms with Gasteiger partial charge in [-0.1, -0.05) is 42.3 Å². The van der Waals surface area contributed by atoms with E-state index in [1.165, 1.54) is 5.56 Å². The van der Waals surface area contributed by atoms with E-state index in [-0.39, 0.29) is 11.0 Å². The van der Waals surface area contributed by atoms with Crippen LogP contribution in [0.2, 0.25) is 5.02 Å². The second-order valence-corrected chi connectivity index (χ2v) is 7.96. The van der Waals surface area contributed by atoms with Crippen LogP contribution in [-0.4, -0.2) is 16.0 Å². The lowest BCUT2D eigenvalue weighted by Crippen LogP contribution is -2.34. The molecule has 0 aliphatic heterocycles. The zero-order valence-corrected chi connectivity index (χ0v) is 18.6. The second kappa shape index (κ2) is 8.88. The summed E-state index contributed by atoms with van der Waals surface area (Å²) < 4.78 is 5.90. The lowest BCUT2D eigenvalue weighted by molar-refractivity contribution is 0.0977. The number of halogens is 1. The van der Waals surface area contributed by atoms with Gasteiger partial charge in [0.05, 0.1) is 10.6 Å². The molecule has 3 aromatic carbocycles. The second-order valence-electron chi connectivity index (χ2n) is 7.15. The van der Waals surface area contributed by atoms with E-state index in [1.807, 2.05) is 37.3 Å². The fourth-order valence-corrected chi connectivity index (χ4v) is 3.61. The number of amides is 1. The van der Waals surface area contributed by atoms with E-state index in [0.717, 1.165) is 17.5 Å². The molecule has 1 aromatic heterocycles. The lowest BCUT2D eigenvalue weighted by Gasteiger charge is -2.11. The fraction of sp³-hybridized carbons (Fsp3) is 0.125. The predicted octanol–water partition coefficient (Wildman–Crippen LogP) is 6.15. The first-order valence-electron chi connectivity index (χ1n) is 9.81. The van der Waals surface area contributed by atoms with Crippen molar-refractivity contribution in [1.29, 1.82) is 0 Å². The molecule has 2 N–H and O–H groups in total. The Kier molecular flexibility index (Phi) is 6.02. The third-order valence-electron chi connectivity index (χ3n) is 4.82. The average molecular weight is 450 g/mol. The Morgan fingerprint density at radius 2 is 1.97 bits per heavy atom. The van der Waals surface area contributed by atoms with Crippen molar-refractivity contribution in [1.82, 2.24) is 10.3 Å². The highest BCUT2D eigenvalue weighted by atomic mass is 35.5. The van der Waals surface area contributed by atoms with Gasteiger partial charge in [-0.2, -0.15) is 0 Å². The molecule has 0 unspecified atom stereocenters. The molecule has 5 nitrogen and oxygen atoms in total. The topological polar surface area (TPSA) is 67.2 Å². The van der Waals surface area contributed by atoms with E-state index < -0.39 is 0 Å². The third kappa shape index (κ3) is 4.76. The van der Waals surface area contributed by atoms with Crippen LogP contribution in [0.4, 0.5) is 5.69 Å². The Bertz CT molecular complexity index is 1300. The normalized spacial score (nSPS) is 10.8. The molecule has 1 amide bonds. The Morgan fingerprint density at radius 3 is 2.74 bits per heavy atom. The minimum absolute atomic E-state index is 0.185. The first-order chi connectivity index (χ1) is 14.9. The molecule has 31 heavy (non-hydrogen) atoms. The van der Waals surface area contributed by atoms with Gasteiger partial charge in [0, 0.05) is 11.3 Å². The van der Waals surface area contributed by atoms with Crippen molar-refractivity contribution >= 4 is 51.6 Å². The van der Waals surface area contributed by atoms with Gasteiger partial charge in [0.2, 0.25) is 5.89 Å². The van der Waals surface area contributed by atoms with E-state index in [4.69, 9.17) is 28.2 Å². The van der Waals surface area contributed by atoms with Gasteiger partial charge < -0.3 is 9.73 Å². The van der Waals surface area contributed by atoms with Crippen LogP contribution < -0.4 is 10.6 Å². The monoisotopic (exact) mass is 449 g/mol. The molecule has 0 aliphatic rings. The van der Waals surface area contributed by atoms with Gasteiger partial charge in [0.15, 0.2) is 10.7 Å². The van der Waals surface area contributed by atoms with Crippen molar-refractivity contribution in [2.24, 2.45) is 0 Å². The SMILES string of the molecule is CCc1ccc2oc(-c3cc(NC(=S)NC(=O)c4cccc(C)c4)ccc3Cl)nc2c1. The molecule has 0 atom stereocenters. The number of aromatic nitrogens is 1. The van der Waals surface area contributed by atoms with Crippen molar-refractivity contribution in [2.75, 3.05) is 5.32 Å². The number of aryl methyl sites for hydroxylation is 2. The summed E-state index contributed by atoms with van der Waals surface area (Å²) in [5.74, 6) is 0.146. The summed E-state index contributed by atoms with van der Waals surface area (Å²) in [7, 11) is 0. The number of nitrogens with one attached hydrogen (secondary N) is 2. The maximum absolute atomic E-state index is 12.4. The van der Waals surface area contributed by atoms with Crippen molar-refractivity contribution in [3.63, 3.8) is 0 Å². The van der Waals surface area contributed by atoms with Crippen LogP contribution in [-0.2, 0) is 6.42 Å². The van der Waals surface area contributed by atoms with Crippen LogP contribution in [0.5, 0.6) is 0 Å². The minimum atomic E-state index is -0.277. The zero-order chi connectivity index (χ0) is 22.0. The fourth-order valence-electron chi connectivity index (χ4n) is 3.20.